The molecule has 0 radical (unpaired) electrons. The molecule has 5 nitrogen and oxygen atoms in total. The van der Waals surface area contributed by atoms with Crippen LogP contribution in [0, 0.1) is 17.5 Å². The zero-order chi connectivity index (χ0) is 20.8. The number of anilines is 2. The monoisotopic (exact) mass is 394 g/mol. The smallest absolute Gasteiger partial charge is 0.226 e. The summed E-state index contributed by atoms with van der Waals surface area (Å²) in [5.74, 6) is -4.97. The number of ether oxygens (including phenoxy) is 1. The van der Waals surface area contributed by atoms with E-state index >= 15 is 0 Å². The number of carbonyl (C=O) groups is 2. The van der Waals surface area contributed by atoms with Gasteiger partial charge in [-0.3, -0.25) is 9.59 Å². The molecule has 0 bridgehead atoms. The molecule has 2 aromatic carbocycles. The van der Waals surface area contributed by atoms with E-state index in [1.807, 2.05) is 13.8 Å². The first kappa shape index (κ1) is 21.3. The maximum atomic E-state index is 13.7. The van der Waals surface area contributed by atoms with Gasteiger partial charge in [0.15, 0.2) is 17.5 Å². The van der Waals surface area contributed by atoms with Crippen LogP contribution in [0.4, 0.5) is 24.5 Å². The van der Waals surface area contributed by atoms with Crippen LogP contribution in [-0.2, 0) is 9.59 Å². The molecule has 2 rings (SSSR count). The summed E-state index contributed by atoms with van der Waals surface area (Å²) >= 11 is 0. The minimum Gasteiger partial charge on any atom is -0.489 e. The van der Waals surface area contributed by atoms with Gasteiger partial charge in [0.25, 0.3) is 0 Å². The molecule has 0 aliphatic heterocycles. The van der Waals surface area contributed by atoms with Crippen LogP contribution in [0.2, 0.25) is 0 Å². The zero-order valence-electron chi connectivity index (χ0n) is 15.8. The van der Waals surface area contributed by atoms with Gasteiger partial charge in [0.1, 0.15) is 5.75 Å². The summed E-state index contributed by atoms with van der Waals surface area (Å²) in [6.07, 6.45) is -0.303. The number of hydrogen-bond donors (Lipinski definition) is 1. The molecule has 0 aliphatic carbocycles. The Morgan fingerprint density at radius 3 is 2.39 bits per heavy atom. The summed E-state index contributed by atoms with van der Waals surface area (Å²) in [6, 6.07) is 8.54. The number of para-hydroxylation sites is 2. The molecule has 2 aromatic rings. The number of benzene rings is 2. The summed E-state index contributed by atoms with van der Waals surface area (Å²) < 4.78 is 45.6. The molecular weight excluding hydrogens is 373 g/mol. The van der Waals surface area contributed by atoms with Gasteiger partial charge in [0, 0.05) is 19.9 Å². The number of carbonyl (C=O) groups excluding carboxylic acids is 2. The highest BCUT2D eigenvalue weighted by atomic mass is 19.2. The molecule has 28 heavy (non-hydrogen) atoms. The van der Waals surface area contributed by atoms with Crippen LogP contribution in [0.15, 0.2) is 36.4 Å². The normalized spacial score (nSPS) is 10.7. The summed E-state index contributed by atoms with van der Waals surface area (Å²) in [7, 11) is 0. The molecule has 0 fully saturated rings. The van der Waals surface area contributed by atoms with Gasteiger partial charge in [0.05, 0.1) is 17.5 Å². The largest absolute Gasteiger partial charge is 0.489 e. The quantitative estimate of drug-likeness (QED) is 0.714. The summed E-state index contributed by atoms with van der Waals surface area (Å²) in [5.41, 5.74) is 0.0253. The van der Waals surface area contributed by atoms with E-state index in [0.29, 0.717) is 11.4 Å². The second-order valence-corrected chi connectivity index (χ2v) is 6.33. The highest BCUT2D eigenvalue weighted by Gasteiger charge is 2.19. The van der Waals surface area contributed by atoms with E-state index in [2.05, 4.69) is 5.32 Å². The average molecular weight is 394 g/mol. The van der Waals surface area contributed by atoms with Crippen molar-refractivity contribution in [3.63, 3.8) is 0 Å². The van der Waals surface area contributed by atoms with Crippen LogP contribution in [-0.4, -0.2) is 24.5 Å². The van der Waals surface area contributed by atoms with E-state index < -0.39 is 29.0 Å². The Hall–Kier alpha value is -3.03. The van der Waals surface area contributed by atoms with Crippen molar-refractivity contribution in [1.82, 2.24) is 0 Å². The lowest BCUT2D eigenvalue weighted by molar-refractivity contribution is -0.117. The Labute approximate surface area is 161 Å². The summed E-state index contributed by atoms with van der Waals surface area (Å²) in [5, 5.41) is 2.18. The van der Waals surface area contributed by atoms with Gasteiger partial charge in [-0.25, -0.2) is 13.2 Å². The van der Waals surface area contributed by atoms with E-state index in [1.165, 1.54) is 11.8 Å². The van der Waals surface area contributed by atoms with E-state index in [4.69, 9.17) is 4.74 Å². The average Bonchev–Trinajstić information content (AvgIpc) is 2.63. The molecule has 0 atom stereocenters. The van der Waals surface area contributed by atoms with Crippen molar-refractivity contribution in [2.24, 2.45) is 0 Å². The molecular formula is C20H21F3N2O3. The number of halogens is 3. The minimum atomic E-state index is -1.66. The molecule has 0 saturated heterocycles. The maximum absolute atomic E-state index is 13.7. The SMILES string of the molecule is CC(=O)N(CCC(=O)Nc1ccc(F)c(F)c1F)c1ccccc1OC(C)C. The first-order valence-corrected chi connectivity index (χ1v) is 8.67. The fraction of sp³-hybridized carbons (Fsp3) is 0.300. The van der Waals surface area contributed by atoms with E-state index in [9.17, 15) is 22.8 Å². The van der Waals surface area contributed by atoms with Crippen molar-refractivity contribution in [2.45, 2.75) is 33.3 Å². The van der Waals surface area contributed by atoms with Crippen molar-refractivity contribution >= 4 is 23.2 Å². The number of amides is 2. The third-order valence-corrected chi connectivity index (χ3v) is 3.77. The number of nitrogens with one attached hydrogen (secondary N) is 1. The number of hydrogen-bond acceptors (Lipinski definition) is 3. The second kappa shape index (κ2) is 9.25. The predicted molar refractivity (Wildman–Crippen MR) is 99.8 cm³/mol. The van der Waals surface area contributed by atoms with Crippen LogP contribution in [0.3, 0.4) is 0 Å². The second-order valence-electron chi connectivity index (χ2n) is 6.33. The fourth-order valence-electron chi connectivity index (χ4n) is 2.53. The molecule has 0 unspecified atom stereocenters. The van der Waals surface area contributed by atoms with Gasteiger partial charge in [-0.1, -0.05) is 12.1 Å². The number of rotatable bonds is 7. The Morgan fingerprint density at radius 1 is 1.07 bits per heavy atom. The van der Waals surface area contributed by atoms with Crippen LogP contribution in [0.5, 0.6) is 5.75 Å². The topological polar surface area (TPSA) is 58.6 Å². The third-order valence-electron chi connectivity index (χ3n) is 3.77. The molecule has 0 heterocycles. The lowest BCUT2D eigenvalue weighted by Gasteiger charge is -2.24. The van der Waals surface area contributed by atoms with Crippen LogP contribution in [0.25, 0.3) is 0 Å². The van der Waals surface area contributed by atoms with E-state index in [0.717, 1.165) is 12.1 Å². The lowest BCUT2D eigenvalue weighted by Crippen LogP contribution is -2.32. The molecule has 0 aliphatic rings. The van der Waals surface area contributed by atoms with Gasteiger partial charge in [-0.2, -0.15) is 0 Å². The third kappa shape index (κ3) is 5.25. The Balaban J connectivity index is 2.11. The van der Waals surface area contributed by atoms with Crippen molar-refractivity contribution in [2.75, 3.05) is 16.8 Å². The van der Waals surface area contributed by atoms with Gasteiger partial charge in [-0.05, 0) is 38.1 Å². The first-order valence-electron chi connectivity index (χ1n) is 8.67. The highest BCUT2D eigenvalue weighted by molar-refractivity contribution is 5.95. The molecule has 2 amide bonds. The Bertz CT molecular complexity index is 872. The lowest BCUT2D eigenvalue weighted by atomic mass is 10.2. The van der Waals surface area contributed by atoms with Crippen LogP contribution in [0.1, 0.15) is 27.2 Å². The van der Waals surface area contributed by atoms with Crippen molar-refractivity contribution in [3.05, 3.63) is 53.8 Å². The molecule has 0 saturated carbocycles. The maximum Gasteiger partial charge on any atom is 0.226 e. The predicted octanol–water partition coefficient (Wildman–Crippen LogP) is 4.27. The van der Waals surface area contributed by atoms with E-state index in [1.54, 1.807) is 24.3 Å². The Morgan fingerprint density at radius 2 is 1.75 bits per heavy atom. The van der Waals surface area contributed by atoms with Crippen molar-refractivity contribution in [3.8, 4) is 5.75 Å². The van der Waals surface area contributed by atoms with Gasteiger partial charge in [0.2, 0.25) is 11.8 Å². The van der Waals surface area contributed by atoms with Gasteiger partial charge < -0.3 is 15.0 Å². The van der Waals surface area contributed by atoms with Gasteiger partial charge in [-0.15, -0.1) is 0 Å². The highest BCUT2D eigenvalue weighted by Crippen LogP contribution is 2.29. The summed E-state index contributed by atoms with van der Waals surface area (Å²) in [4.78, 5) is 25.6. The van der Waals surface area contributed by atoms with Crippen LogP contribution >= 0.6 is 0 Å². The molecule has 8 heteroatoms. The number of nitrogens with zero attached hydrogens (tertiary/aromatic N) is 1. The molecule has 0 spiro atoms. The van der Waals surface area contributed by atoms with Crippen molar-refractivity contribution in [1.29, 1.82) is 0 Å². The molecule has 0 aromatic heterocycles. The first-order chi connectivity index (χ1) is 13.2. The van der Waals surface area contributed by atoms with Gasteiger partial charge >= 0.3 is 0 Å². The molecule has 1 N–H and O–H groups in total. The van der Waals surface area contributed by atoms with E-state index in [-0.39, 0.29) is 25.0 Å². The Kier molecular flexibility index (Phi) is 7.03. The molecule has 150 valence electrons. The van der Waals surface area contributed by atoms with Crippen molar-refractivity contribution < 1.29 is 27.5 Å². The van der Waals surface area contributed by atoms with Crippen LogP contribution < -0.4 is 15.0 Å². The standard InChI is InChI=1S/C20H21F3N2O3/c1-12(2)28-17-7-5-4-6-16(17)25(13(3)26)11-10-18(27)24-15-9-8-14(21)19(22)20(15)23/h4-9,12H,10-11H2,1-3H3,(H,24,27). The summed E-state index contributed by atoms with van der Waals surface area (Å²) in [6.45, 7) is 5.03. The zero-order valence-corrected chi connectivity index (χ0v) is 15.8. The fourth-order valence-corrected chi connectivity index (χ4v) is 2.53. The minimum absolute atomic E-state index is 0.00900.